The third-order valence-corrected chi connectivity index (χ3v) is 4.17. The molecule has 5 heteroatoms. The van der Waals surface area contributed by atoms with Crippen LogP contribution >= 0.6 is 11.3 Å². The zero-order valence-electron chi connectivity index (χ0n) is 11.9. The molecule has 2 heterocycles. The fourth-order valence-corrected chi connectivity index (χ4v) is 2.87. The molecule has 0 atom stereocenters. The number of rotatable bonds is 3. The van der Waals surface area contributed by atoms with Gasteiger partial charge in [0, 0.05) is 25.2 Å². The highest BCUT2D eigenvalue weighted by molar-refractivity contribution is 7.12. The molecule has 0 radical (unpaired) electrons. The molecule has 0 spiro atoms. The van der Waals surface area contributed by atoms with Crippen LogP contribution in [0.25, 0.3) is 0 Å². The molecule has 0 aliphatic carbocycles. The Balaban J connectivity index is 1.81. The van der Waals surface area contributed by atoms with Gasteiger partial charge in [0.25, 0.3) is 5.91 Å². The second kappa shape index (κ2) is 6.70. The van der Waals surface area contributed by atoms with Gasteiger partial charge >= 0.3 is 0 Å². The number of hydrogen-bond acceptors (Lipinski definition) is 3. The third-order valence-electron chi connectivity index (χ3n) is 3.30. The molecule has 1 N–H and O–H groups in total. The molecule has 20 heavy (non-hydrogen) atoms. The molecule has 0 unspecified atom stereocenters. The van der Waals surface area contributed by atoms with Crippen LogP contribution in [0.3, 0.4) is 0 Å². The second-order valence-electron chi connectivity index (χ2n) is 5.27. The van der Waals surface area contributed by atoms with Crippen LogP contribution in [0.15, 0.2) is 29.2 Å². The summed E-state index contributed by atoms with van der Waals surface area (Å²) in [6.07, 6.45) is 3.31. The van der Waals surface area contributed by atoms with Gasteiger partial charge in [-0.1, -0.05) is 11.6 Å². The highest BCUT2D eigenvalue weighted by Gasteiger charge is 2.23. The molecule has 1 aliphatic rings. The molecule has 1 aromatic rings. The zero-order valence-corrected chi connectivity index (χ0v) is 12.7. The Hall–Kier alpha value is -1.62. The predicted molar refractivity (Wildman–Crippen MR) is 80.8 cm³/mol. The van der Waals surface area contributed by atoms with Crippen LogP contribution in [0.4, 0.5) is 0 Å². The van der Waals surface area contributed by atoms with Crippen LogP contribution in [0.1, 0.15) is 36.4 Å². The fourth-order valence-electron chi connectivity index (χ4n) is 2.25. The molecule has 2 amide bonds. The number of amides is 2. The van der Waals surface area contributed by atoms with Crippen molar-refractivity contribution in [1.82, 2.24) is 10.2 Å². The van der Waals surface area contributed by atoms with Gasteiger partial charge in [0.1, 0.15) is 0 Å². The molecule has 2 rings (SSSR count). The normalized spacial score (nSPS) is 15.8. The first-order valence-electron chi connectivity index (χ1n) is 6.84. The molecular weight excluding hydrogens is 272 g/mol. The summed E-state index contributed by atoms with van der Waals surface area (Å²) in [6.45, 7) is 5.26. The van der Waals surface area contributed by atoms with E-state index in [9.17, 15) is 9.59 Å². The average Bonchev–Trinajstić information content (AvgIpc) is 2.92. The van der Waals surface area contributed by atoms with Crippen molar-refractivity contribution in [3.05, 3.63) is 34.0 Å². The molecule has 0 saturated carbocycles. The lowest BCUT2D eigenvalue weighted by Gasteiger charge is -2.31. The summed E-state index contributed by atoms with van der Waals surface area (Å²) < 4.78 is 0. The third kappa shape index (κ3) is 3.93. The van der Waals surface area contributed by atoms with Gasteiger partial charge in [0.05, 0.1) is 4.88 Å². The Morgan fingerprint density at radius 3 is 2.60 bits per heavy atom. The molecule has 1 aliphatic heterocycles. The summed E-state index contributed by atoms with van der Waals surface area (Å²) >= 11 is 1.45. The number of likely N-dealkylation sites (tertiary alicyclic amines) is 1. The predicted octanol–water partition coefficient (Wildman–Crippen LogP) is 2.44. The molecule has 4 nitrogen and oxygen atoms in total. The Kier molecular flexibility index (Phi) is 4.95. The highest BCUT2D eigenvalue weighted by Crippen LogP contribution is 2.14. The monoisotopic (exact) mass is 292 g/mol. The largest absolute Gasteiger partial charge is 0.348 e. The first-order chi connectivity index (χ1) is 9.56. The van der Waals surface area contributed by atoms with E-state index in [-0.39, 0.29) is 17.9 Å². The number of nitrogens with one attached hydrogen (secondary N) is 1. The quantitative estimate of drug-likeness (QED) is 0.870. The van der Waals surface area contributed by atoms with Gasteiger partial charge in [-0.15, -0.1) is 11.3 Å². The molecule has 1 saturated heterocycles. The molecule has 108 valence electrons. The lowest BCUT2D eigenvalue weighted by atomic mass is 10.0. The molecule has 0 aromatic carbocycles. The van der Waals surface area contributed by atoms with E-state index >= 15 is 0 Å². The summed E-state index contributed by atoms with van der Waals surface area (Å²) in [6, 6.07) is 3.87. The van der Waals surface area contributed by atoms with E-state index in [1.165, 1.54) is 11.3 Å². The second-order valence-corrected chi connectivity index (χ2v) is 6.22. The maximum absolute atomic E-state index is 11.9. The van der Waals surface area contributed by atoms with E-state index in [2.05, 4.69) is 5.32 Å². The number of nitrogens with zero attached hydrogens (tertiary/aromatic N) is 1. The lowest BCUT2D eigenvalue weighted by Crippen LogP contribution is -2.46. The zero-order chi connectivity index (χ0) is 14.5. The summed E-state index contributed by atoms with van der Waals surface area (Å²) in [7, 11) is 0. The Morgan fingerprint density at radius 2 is 2.05 bits per heavy atom. The Bertz CT molecular complexity index is 496. The van der Waals surface area contributed by atoms with Crippen molar-refractivity contribution >= 4 is 23.2 Å². The van der Waals surface area contributed by atoms with Crippen LogP contribution < -0.4 is 5.32 Å². The highest BCUT2D eigenvalue weighted by atomic mass is 32.1. The van der Waals surface area contributed by atoms with E-state index in [0.29, 0.717) is 13.1 Å². The SMILES string of the molecule is CC(C)=CC(=O)N1CCC(NC(=O)c2cccs2)CC1. The molecule has 0 bridgehead atoms. The maximum atomic E-state index is 11.9. The van der Waals surface area contributed by atoms with Crippen LogP contribution in [-0.4, -0.2) is 35.8 Å². The summed E-state index contributed by atoms with van der Waals surface area (Å²) in [5, 5.41) is 4.94. The summed E-state index contributed by atoms with van der Waals surface area (Å²) in [4.78, 5) is 26.4. The number of carbonyl (C=O) groups is 2. The minimum atomic E-state index is -0.00549. The van der Waals surface area contributed by atoms with Crippen LogP contribution in [0, 0.1) is 0 Å². The standard InChI is InChI=1S/C15H20N2O2S/c1-11(2)10-14(18)17-7-5-12(6-8-17)16-15(19)13-4-3-9-20-13/h3-4,9-10,12H,5-8H2,1-2H3,(H,16,19). The van der Waals surface area contributed by atoms with Gasteiger partial charge in [-0.25, -0.2) is 0 Å². The smallest absolute Gasteiger partial charge is 0.261 e. The van der Waals surface area contributed by atoms with Gasteiger partial charge in [0.2, 0.25) is 5.91 Å². The first kappa shape index (κ1) is 14.8. The Morgan fingerprint density at radius 1 is 1.35 bits per heavy atom. The number of thiophene rings is 1. The van der Waals surface area contributed by atoms with Crippen molar-refractivity contribution in [2.45, 2.75) is 32.7 Å². The minimum absolute atomic E-state index is 0.00549. The average molecular weight is 292 g/mol. The lowest BCUT2D eigenvalue weighted by molar-refractivity contribution is -0.127. The number of allylic oxidation sites excluding steroid dienone is 1. The topological polar surface area (TPSA) is 49.4 Å². The van der Waals surface area contributed by atoms with Gasteiger partial charge in [0.15, 0.2) is 0 Å². The Labute approximate surface area is 123 Å². The number of carbonyl (C=O) groups excluding carboxylic acids is 2. The van der Waals surface area contributed by atoms with Crippen molar-refractivity contribution in [3.63, 3.8) is 0 Å². The molecule has 1 aromatic heterocycles. The number of piperidine rings is 1. The van der Waals surface area contributed by atoms with Gasteiger partial charge < -0.3 is 10.2 Å². The van der Waals surface area contributed by atoms with Crippen molar-refractivity contribution in [1.29, 1.82) is 0 Å². The van der Waals surface area contributed by atoms with Crippen LogP contribution in [0.2, 0.25) is 0 Å². The summed E-state index contributed by atoms with van der Waals surface area (Å²) in [5.74, 6) is 0.0714. The maximum Gasteiger partial charge on any atom is 0.261 e. The van der Waals surface area contributed by atoms with E-state index in [1.54, 1.807) is 6.08 Å². The van der Waals surface area contributed by atoms with Crippen LogP contribution in [0.5, 0.6) is 0 Å². The van der Waals surface area contributed by atoms with Crippen molar-refractivity contribution in [2.24, 2.45) is 0 Å². The van der Waals surface area contributed by atoms with Gasteiger partial charge in [-0.2, -0.15) is 0 Å². The van der Waals surface area contributed by atoms with Crippen molar-refractivity contribution in [2.75, 3.05) is 13.1 Å². The van der Waals surface area contributed by atoms with E-state index in [0.717, 1.165) is 23.3 Å². The minimum Gasteiger partial charge on any atom is -0.348 e. The van der Waals surface area contributed by atoms with Gasteiger partial charge in [-0.05, 0) is 38.1 Å². The molecular formula is C15H20N2O2S. The van der Waals surface area contributed by atoms with Crippen molar-refractivity contribution < 1.29 is 9.59 Å². The van der Waals surface area contributed by atoms with E-state index in [1.807, 2.05) is 36.3 Å². The number of hydrogen-bond donors (Lipinski definition) is 1. The fraction of sp³-hybridized carbons (Fsp3) is 0.467. The van der Waals surface area contributed by atoms with Gasteiger partial charge in [-0.3, -0.25) is 9.59 Å². The van der Waals surface area contributed by atoms with E-state index in [4.69, 9.17) is 0 Å². The van der Waals surface area contributed by atoms with E-state index < -0.39 is 0 Å². The molecule has 1 fully saturated rings. The first-order valence-corrected chi connectivity index (χ1v) is 7.72. The van der Waals surface area contributed by atoms with Crippen LogP contribution in [-0.2, 0) is 4.79 Å². The van der Waals surface area contributed by atoms with Crippen molar-refractivity contribution in [3.8, 4) is 0 Å². The summed E-state index contributed by atoms with van der Waals surface area (Å²) in [5.41, 5.74) is 1.02.